The zero-order valence-corrected chi connectivity index (χ0v) is 29.3. The van der Waals surface area contributed by atoms with Crippen molar-refractivity contribution in [3.05, 3.63) is 125 Å². The van der Waals surface area contributed by atoms with Crippen LogP contribution < -0.4 is 25.5 Å². The van der Waals surface area contributed by atoms with Crippen LogP contribution in [0, 0.1) is 20.8 Å². The average Bonchev–Trinajstić information content (AvgIpc) is 3.42. The zero-order chi connectivity index (χ0) is 32.4. The number of para-hydroxylation sites is 1. The smallest absolute Gasteiger partial charge is 0.264 e. The van der Waals surface area contributed by atoms with Crippen molar-refractivity contribution in [1.29, 1.82) is 0 Å². The molecule has 0 N–H and O–H groups in total. The van der Waals surface area contributed by atoms with Crippen LogP contribution in [-0.2, 0) is 10.8 Å². The first-order chi connectivity index (χ1) is 22.5. The van der Waals surface area contributed by atoms with Gasteiger partial charge in [-0.05, 0) is 132 Å². The molecule has 0 unspecified atom stereocenters. The number of nitrogens with zero attached hydrogens (tertiary/aromatic N) is 2. The number of thiophene rings is 1. The molecule has 6 aromatic rings. The maximum absolute atomic E-state index is 2.59. The summed E-state index contributed by atoms with van der Waals surface area (Å²) in [6.45, 7) is 16.6. The molecule has 0 saturated heterocycles. The molecular formula is C43H41BN2S. The second kappa shape index (κ2) is 9.87. The van der Waals surface area contributed by atoms with Gasteiger partial charge in [0.2, 0.25) is 0 Å². The van der Waals surface area contributed by atoms with Crippen molar-refractivity contribution in [2.75, 3.05) is 9.80 Å². The van der Waals surface area contributed by atoms with Gasteiger partial charge in [-0.25, -0.2) is 0 Å². The van der Waals surface area contributed by atoms with Crippen LogP contribution in [0.3, 0.4) is 0 Å². The highest BCUT2D eigenvalue weighted by molar-refractivity contribution is 7.33. The molecule has 1 aromatic heterocycles. The molecule has 47 heavy (non-hydrogen) atoms. The molecule has 0 saturated carbocycles. The van der Waals surface area contributed by atoms with Gasteiger partial charge in [0.05, 0.1) is 5.69 Å². The van der Waals surface area contributed by atoms with Crippen LogP contribution in [-0.4, -0.2) is 6.71 Å². The fourth-order valence-corrected chi connectivity index (χ4v) is 9.94. The largest absolute Gasteiger partial charge is 0.311 e. The topological polar surface area (TPSA) is 6.48 Å². The Morgan fingerprint density at radius 3 is 1.89 bits per heavy atom. The molecule has 0 radical (unpaired) electrons. The Morgan fingerprint density at radius 1 is 0.596 bits per heavy atom. The molecule has 232 valence electrons. The maximum atomic E-state index is 2.59. The normalized spacial score (nSPS) is 16.9. The predicted molar refractivity (Wildman–Crippen MR) is 205 cm³/mol. The Balaban J connectivity index is 1.41. The lowest BCUT2D eigenvalue weighted by Crippen LogP contribution is -2.60. The number of hydrogen-bond acceptors (Lipinski definition) is 3. The van der Waals surface area contributed by atoms with E-state index < -0.39 is 0 Å². The summed E-state index contributed by atoms with van der Waals surface area (Å²) in [5.74, 6) is 0. The van der Waals surface area contributed by atoms with E-state index in [4.69, 9.17) is 0 Å². The van der Waals surface area contributed by atoms with E-state index in [1.165, 1.54) is 101 Å². The molecule has 0 atom stereocenters. The van der Waals surface area contributed by atoms with E-state index in [9.17, 15) is 0 Å². The Kier molecular flexibility index (Phi) is 6.07. The van der Waals surface area contributed by atoms with Gasteiger partial charge in [-0.2, -0.15) is 0 Å². The highest BCUT2D eigenvalue weighted by Crippen LogP contribution is 2.52. The number of anilines is 6. The lowest BCUT2D eigenvalue weighted by Gasteiger charge is -2.44. The molecule has 3 aliphatic rings. The van der Waals surface area contributed by atoms with Gasteiger partial charge >= 0.3 is 0 Å². The third-order valence-corrected chi connectivity index (χ3v) is 12.4. The SMILES string of the molecule is Cc1ccc(N2c3cc(C)ccc3B3c4sc5cc6c(cc5c4N(c4ccccc4)c4cc(C)cc2c43)C(C)(C)CCC6(C)C)cc1. The minimum absolute atomic E-state index is 0.144. The summed E-state index contributed by atoms with van der Waals surface area (Å²) in [4.78, 5) is 5.12. The standard InChI is InChI=1S/C43H41BN2S/c1-26-13-16-30(17-14-26)45-35-21-27(2)15-18-34(35)44-39-36(45)22-28(3)23-37(39)46(29-11-9-8-10-12-29)40-31-24-32-33(25-38(31)47-41(40)44)43(6,7)20-19-42(32,4)5/h8-18,21-25H,19-20H2,1-7H3. The van der Waals surface area contributed by atoms with E-state index in [1.54, 1.807) is 0 Å². The summed E-state index contributed by atoms with van der Waals surface area (Å²) in [7, 11) is 0. The maximum Gasteiger partial charge on any atom is 0.264 e. The Morgan fingerprint density at radius 2 is 1.19 bits per heavy atom. The number of benzene rings is 5. The molecule has 2 aliphatic heterocycles. The highest BCUT2D eigenvalue weighted by atomic mass is 32.1. The summed E-state index contributed by atoms with van der Waals surface area (Å²) in [6, 6.07) is 37.3. The summed E-state index contributed by atoms with van der Waals surface area (Å²) in [6.07, 6.45) is 2.43. The Labute approximate surface area is 283 Å². The van der Waals surface area contributed by atoms with E-state index in [-0.39, 0.29) is 17.5 Å². The summed E-state index contributed by atoms with van der Waals surface area (Å²) in [5.41, 5.74) is 17.7. The first-order valence-electron chi connectivity index (χ1n) is 17.1. The van der Waals surface area contributed by atoms with Crippen molar-refractivity contribution in [2.24, 2.45) is 0 Å². The third kappa shape index (κ3) is 4.17. The van der Waals surface area contributed by atoms with E-state index in [0.717, 1.165) is 0 Å². The summed E-state index contributed by atoms with van der Waals surface area (Å²) >= 11 is 2.02. The van der Waals surface area contributed by atoms with Crippen LogP contribution in [0.5, 0.6) is 0 Å². The van der Waals surface area contributed by atoms with Gasteiger partial charge in [-0.15, -0.1) is 11.3 Å². The van der Waals surface area contributed by atoms with E-state index in [2.05, 4.69) is 155 Å². The van der Waals surface area contributed by atoms with Crippen molar-refractivity contribution in [3.63, 3.8) is 0 Å². The Hall–Kier alpha value is -4.28. The number of rotatable bonds is 2. The second-order valence-corrected chi connectivity index (χ2v) is 16.6. The van der Waals surface area contributed by atoms with Gasteiger partial charge in [-0.1, -0.05) is 75.7 Å². The molecular weight excluding hydrogens is 587 g/mol. The first-order valence-corrected chi connectivity index (χ1v) is 17.9. The van der Waals surface area contributed by atoms with Gasteiger partial charge < -0.3 is 9.80 Å². The van der Waals surface area contributed by atoms with Crippen molar-refractivity contribution in [3.8, 4) is 0 Å². The molecule has 2 nitrogen and oxygen atoms in total. The lowest BCUT2D eigenvalue weighted by molar-refractivity contribution is 0.332. The third-order valence-electron chi connectivity index (χ3n) is 11.2. The lowest BCUT2D eigenvalue weighted by atomic mass is 9.36. The van der Waals surface area contributed by atoms with Gasteiger partial charge in [0.15, 0.2) is 0 Å². The quantitative estimate of drug-likeness (QED) is 0.176. The number of fused-ring (bicyclic) bond motifs is 7. The van der Waals surface area contributed by atoms with Gasteiger partial charge in [0.1, 0.15) is 0 Å². The van der Waals surface area contributed by atoms with Crippen molar-refractivity contribution >= 4 is 78.0 Å². The fourth-order valence-electron chi connectivity index (χ4n) is 8.60. The van der Waals surface area contributed by atoms with Gasteiger partial charge in [0.25, 0.3) is 6.71 Å². The molecule has 0 bridgehead atoms. The summed E-state index contributed by atoms with van der Waals surface area (Å²) in [5, 5.41) is 1.39. The summed E-state index contributed by atoms with van der Waals surface area (Å²) < 4.78 is 2.86. The zero-order valence-electron chi connectivity index (χ0n) is 28.5. The first kappa shape index (κ1) is 28.9. The molecule has 1 aliphatic carbocycles. The van der Waals surface area contributed by atoms with Gasteiger partial charge in [-0.3, -0.25) is 0 Å². The average molecular weight is 629 g/mol. The minimum Gasteiger partial charge on any atom is -0.311 e. The molecule has 0 fully saturated rings. The molecule has 0 spiro atoms. The monoisotopic (exact) mass is 628 g/mol. The minimum atomic E-state index is 0.144. The molecule has 4 heteroatoms. The van der Waals surface area contributed by atoms with Crippen LogP contribution in [0.25, 0.3) is 10.1 Å². The van der Waals surface area contributed by atoms with E-state index >= 15 is 0 Å². The second-order valence-electron chi connectivity index (χ2n) is 15.5. The number of hydrogen-bond donors (Lipinski definition) is 0. The van der Waals surface area contributed by atoms with Gasteiger partial charge in [0, 0.05) is 43.3 Å². The number of aryl methyl sites for hydroxylation is 3. The molecule has 3 heterocycles. The van der Waals surface area contributed by atoms with Crippen LogP contribution >= 0.6 is 11.3 Å². The van der Waals surface area contributed by atoms with E-state index in [0.29, 0.717) is 0 Å². The van der Waals surface area contributed by atoms with Crippen LogP contribution in [0.1, 0.15) is 68.4 Å². The Bertz CT molecular complexity index is 2240. The molecule has 5 aromatic carbocycles. The van der Waals surface area contributed by atoms with Crippen molar-refractivity contribution in [2.45, 2.75) is 72.1 Å². The fraction of sp³-hybridized carbons (Fsp3) is 0.256. The van der Waals surface area contributed by atoms with Crippen LogP contribution in [0.15, 0.2) is 97.1 Å². The predicted octanol–water partition coefficient (Wildman–Crippen LogP) is 10.3. The van der Waals surface area contributed by atoms with Crippen LogP contribution in [0.4, 0.5) is 34.1 Å². The van der Waals surface area contributed by atoms with Crippen molar-refractivity contribution < 1.29 is 0 Å². The molecule has 9 rings (SSSR count). The van der Waals surface area contributed by atoms with Crippen molar-refractivity contribution in [1.82, 2.24) is 0 Å². The highest BCUT2D eigenvalue weighted by Gasteiger charge is 2.46. The van der Waals surface area contributed by atoms with E-state index in [1.807, 2.05) is 11.3 Å². The molecule has 0 amide bonds. The van der Waals surface area contributed by atoms with Crippen LogP contribution in [0.2, 0.25) is 0 Å².